The molecule has 27 heavy (non-hydrogen) atoms. The van der Waals surface area contributed by atoms with Gasteiger partial charge in [-0.25, -0.2) is 4.98 Å². The number of anilines is 1. The van der Waals surface area contributed by atoms with Crippen LogP contribution in [0.5, 0.6) is 0 Å². The maximum atomic E-state index is 12.9. The average Bonchev–Trinajstić information content (AvgIpc) is 3.36. The third-order valence-corrected chi connectivity index (χ3v) is 4.54. The van der Waals surface area contributed by atoms with Crippen molar-refractivity contribution >= 4 is 36.4 Å². The quantitative estimate of drug-likeness (QED) is 0.685. The Morgan fingerprint density at radius 2 is 2.07 bits per heavy atom. The van der Waals surface area contributed by atoms with E-state index in [0.29, 0.717) is 12.2 Å². The Bertz CT molecular complexity index is 881. The second-order valence-electron chi connectivity index (χ2n) is 6.17. The van der Waals surface area contributed by atoms with Crippen LogP contribution >= 0.6 is 24.8 Å². The minimum atomic E-state index is -0.153. The lowest BCUT2D eigenvalue weighted by molar-refractivity contribution is -0.119. The lowest BCUT2D eigenvalue weighted by Crippen LogP contribution is -2.28. The number of halogens is 2. The molecule has 0 aliphatic carbocycles. The molecule has 2 N–H and O–H groups in total. The molecule has 0 saturated carbocycles. The topological polar surface area (TPSA) is 89.7 Å². The first kappa shape index (κ1) is 20.9. The van der Waals surface area contributed by atoms with Crippen LogP contribution in [0.4, 0.5) is 5.69 Å². The van der Waals surface area contributed by atoms with E-state index in [0.717, 1.165) is 17.8 Å². The average molecular weight is 410 g/mol. The van der Waals surface area contributed by atoms with Gasteiger partial charge in [0.25, 0.3) is 0 Å². The summed E-state index contributed by atoms with van der Waals surface area (Å²) in [5.41, 5.74) is 2.58. The van der Waals surface area contributed by atoms with E-state index in [1.165, 1.54) is 0 Å². The Hall–Kier alpha value is -2.42. The SMILES string of the molecule is Cl.Cl.Cn1cc([C@H]2CNC[C@@H]2C(=O)Nc2cnccc2-n2ccnc2)cn1. The van der Waals surface area contributed by atoms with E-state index in [1.807, 2.05) is 36.3 Å². The zero-order chi connectivity index (χ0) is 17.2. The fraction of sp³-hybridized carbons (Fsp3) is 0.294. The monoisotopic (exact) mass is 409 g/mol. The van der Waals surface area contributed by atoms with E-state index in [1.54, 1.807) is 29.6 Å². The summed E-state index contributed by atoms with van der Waals surface area (Å²) in [6.45, 7) is 1.41. The molecule has 0 spiro atoms. The predicted octanol–water partition coefficient (Wildman–Crippen LogP) is 1.79. The molecule has 1 amide bonds. The van der Waals surface area contributed by atoms with Crippen LogP contribution < -0.4 is 10.6 Å². The van der Waals surface area contributed by atoms with Gasteiger partial charge in [0.1, 0.15) is 0 Å². The number of carbonyl (C=O) groups excluding carboxylic acids is 1. The van der Waals surface area contributed by atoms with Crippen LogP contribution in [0, 0.1) is 5.92 Å². The minimum Gasteiger partial charge on any atom is -0.323 e. The summed E-state index contributed by atoms with van der Waals surface area (Å²) >= 11 is 0. The third kappa shape index (κ3) is 4.29. The molecule has 1 saturated heterocycles. The number of rotatable bonds is 4. The number of nitrogens with one attached hydrogen (secondary N) is 2. The molecule has 144 valence electrons. The molecular formula is C17H21Cl2N7O. The van der Waals surface area contributed by atoms with Crippen molar-refractivity contribution in [3.63, 3.8) is 0 Å². The highest BCUT2D eigenvalue weighted by Gasteiger charge is 2.35. The van der Waals surface area contributed by atoms with Crippen LogP contribution in [-0.4, -0.2) is 43.3 Å². The fourth-order valence-corrected chi connectivity index (χ4v) is 3.27. The summed E-state index contributed by atoms with van der Waals surface area (Å²) in [5, 5.41) is 10.6. The predicted molar refractivity (Wildman–Crippen MR) is 107 cm³/mol. The van der Waals surface area contributed by atoms with Crippen LogP contribution in [-0.2, 0) is 11.8 Å². The number of imidazole rings is 1. The largest absolute Gasteiger partial charge is 0.323 e. The Kier molecular flexibility index (Phi) is 6.95. The Morgan fingerprint density at radius 3 is 2.78 bits per heavy atom. The van der Waals surface area contributed by atoms with Crippen LogP contribution in [0.2, 0.25) is 0 Å². The molecule has 8 nitrogen and oxygen atoms in total. The highest BCUT2D eigenvalue weighted by Crippen LogP contribution is 2.29. The summed E-state index contributed by atoms with van der Waals surface area (Å²) in [7, 11) is 1.88. The second-order valence-corrected chi connectivity index (χ2v) is 6.17. The van der Waals surface area contributed by atoms with Gasteiger partial charge in [0.15, 0.2) is 0 Å². The zero-order valence-electron chi connectivity index (χ0n) is 14.6. The molecule has 10 heteroatoms. The molecule has 1 fully saturated rings. The molecule has 3 aromatic rings. The number of amides is 1. The van der Waals surface area contributed by atoms with Gasteiger partial charge in [-0.3, -0.25) is 14.5 Å². The van der Waals surface area contributed by atoms with E-state index in [2.05, 4.69) is 25.7 Å². The highest BCUT2D eigenvalue weighted by atomic mass is 35.5. The van der Waals surface area contributed by atoms with Gasteiger partial charge in [0, 0.05) is 50.8 Å². The Balaban J connectivity index is 0.00000131. The van der Waals surface area contributed by atoms with Crippen LogP contribution in [0.25, 0.3) is 5.69 Å². The van der Waals surface area contributed by atoms with E-state index < -0.39 is 0 Å². The van der Waals surface area contributed by atoms with Crippen molar-refractivity contribution in [3.05, 3.63) is 55.1 Å². The third-order valence-electron chi connectivity index (χ3n) is 4.54. The minimum absolute atomic E-state index is 0. The van der Waals surface area contributed by atoms with Crippen molar-refractivity contribution in [2.75, 3.05) is 18.4 Å². The Morgan fingerprint density at radius 1 is 1.22 bits per heavy atom. The summed E-state index contributed by atoms with van der Waals surface area (Å²) in [5.74, 6) is -0.0599. The van der Waals surface area contributed by atoms with Gasteiger partial charge in [0.05, 0.1) is 36.0 Å². The molecule has 0 bridgehead atoms. The van der Waals surface area contributed by atoms with Gasteiger partial charge >= 0.3 is 0 Å². The maximum Gasteiger partial charge on any atom is 0.229 e. The second kappa shape index (κ2) is 8.98. The first-order valence-corrected chi connectivity index (χ1v) is 8.15. The van der Waals surface area contributed by atoms with Crippen LogP contribution in [0.15, 0.2) is 49.6 Å². The molecule has 0 aromatic carbocycles. The number of aryl methyl sites for hydroxylation is 1. The molecule has 2 atom stereocenters. The number of carbonyl (C=O) groups is 1. The van der Waals surface area contributed by atoms with Gasteiger partial charge in [-0.1, -0.05) is 0 Å². The normalized spacial score (nSPS) is 18.4. The van der Waals surface area contributed by atoms with Gasteiger partial charge < -0.3 is 15.2 Å². The molecule has 1 aliphatic rings. The number of aromatic nitrogens is 5. The molecule has 4 heterocycles. The van der Waals surface area contributed by atoms with Crippen molar-refractivity contribution in [1.82, 2.24) is 29.6 Å². The first-order valence-electron chi connectivity index (χ1n) is 8.15. The van der Waals surface area contributed by atoms with Crippen molar-refractivity contribution < 1.29 is 4.79 Å². The van der Waals surface area contributed by atoms with Crippen molar-refractivity contribution in [2.45, 2.75) is 5.92 Å². The van der Waals surface area contributed by atoms with Crippen molar-refractivity contribution in [2.24, 2.45) is 13.0 Å². The number of pyridine rings is 1. The first-order chi connectivity index (χ1) is 12.2. The van der Waals surface area contributed by atoms with E-state index in [9.17, 15) is 4.79 Å². The molecule has 3 aromatic heterocycles. The summed E-state index contributed by atoms with van der Waals surface area (Å²) in [6.07, 6.45) is 12.4. The van der Waals surface area contributed by atoms with Crippen molar-refractivity contribution in [3.8, 4) is 5.69 Å². The van der Waals surface area contributed by atoms with Crippen LogP contribution in [0.3, 0.4) is 0 Å². The Labute approximate surface area is 169 Å². The number of hydrogen-bond donors (Lipinski definition) is 2. The highest BCUT2D eigenvalue weighted by molar-refractivity contribution is 5.95. The van der Waals surface area contributed by atoms with Gasteiger partial charge in [-0.15, -0.1) is 24.8 Å². The summed E-state index contributed by atoms with van der Waals surface area (Å²) in [4.78, 5) is 21.1. The number of nitrogens with zero attached hydrogens (tertiary/aromatic N) is 5. The number of hydrogen-bond acceptors (Lipinski definition) is 5. The lowest BCUT2D eigenvalue weighted by atomic mass is 9.90. The molecule has 0 radical (unpaired) electrons. The van der Waals surface area contributed by atoms with E-state index in [-0.39, 0.29) is 42.6 Å². The van der Waals surface area contributed by atoms with Crippen LogP contribution in [0.1, 0.15) is 11.5 Å². The molecule has 0 unspecified atom stereocenters. The zero-order valence-corrected chi connectivity index (χ0v) is 16.3. The van der Waals surface area contributed by atoms with Gasteiger partial charge in [-0.05, 0) is 11.6 Å². The smallest absolute Gasteiger partial charge is 0.229 e. The molecular weight excluding hydrogens is 389 g/mol. The summed E-state index contributed by atoms with van der Waals surface area (Å²) < 4.78 is 3.61. The standard InChI is InChI=1S/C17H19N7O.2ClH/c1-23-10-12(6-21-23)13-7-20-8-14(13)17(25)22-15-9-18-3-2-16(15)24-5-4-19-11-24;;/h2-6,9-11,13-14,20H,7-8H2,1H3,(H,22,25);2*1H/t13-,14+;;/m1../s1. The molecule has 1 aliphatic heterocycles. The van der Waals surface area contributed by atoms with Crippen molar-refractivity contribution in [1.29, 1.82) is 0 Å². The molecule has 4 rings (SSSR count). The van der Waals surface area contributed by atoms with E-state index >= 15 is 0 Å². The maximum absolute atomic E-state index is 12.9. The van der Waals surface area contributed by atoms with Gasteiger partial charge in [-0.2, -0.15) is 5.10 Å². The summed E-state index contributed by atoms with van der Waals surface area (Å²) in [6, 6.07) is 1.85. The lowest BCUT2D eigenvalue weighted by Gasteiger charge is -2.18. The van der Waals surface area contributed by atoms with E-state index in [4.69, 9.17) is 0 Å². The van der Waals surface area contributed by atoms with Gasteiger partial charge in [0.2, 0.25) is 5.91 Å². The fourth-order valence-electron chi connectivity index (χ4n) is 3.27.